The molecule has 1 aromatic carbocycles. The largest absolute Gasteiger partial charge is 0.429 e. The van der Waals surface area contributed by atoms with Crippen molar-refractivity contribution >= 4 is 28.6 Å². The molecule has 2 aromatic rings. The van der Waals surface area contributed by atoms with E-state index in [0.29, 0.717) is 21.8 Å². The van der Waals surface area contributed by atoms with Crippen molar-refractivity contribution in [3.8, 4) is 10.9 Å². The quantitative estimate of drug-likeness (QED) is 0.801. The van der Waals surface area contributed by atoms with Crippen LogP contribution in [0, 0.1) is 0 Å². The first-order valence-corrected chi connectivity index (χ1v) is 5.15. The summed E-state index contributed by atoms with van der Waals surface area (Å²) in [5, 5.41) is 2.63. The van der Waals surface area contributed by atoms with Crippen molar-refractivity contribution in [2.24, 2.45) is 0 Å². The van der Waals surface area contributed by atoms with E-state index in [0.717, 1.165) is 0 Å². The number of hydrogen-bond donors (Lipinski definition) is 1. The van der Waals surface area contributed by atoms with Gasteiger partial charge in [-0.3, -0.25) is 0 Å². The topological polar surface area (TPSA) is 48.1 Å². The van der Waals surface area contributed by atoms with Gasteiger partial charge in [0, 0.05) is 5.38 Å². The first-order chi connectivity index (χ1) is 6.75. The molecule has 1 heterocycles. The SMILES string of the molecule is Nc1ccccc1Oc1nc(Cl)cs1. The fourth-order valence-electron chi connectivity index (χ4n) is 0.953. The van der Waals surface area contributed by atoms with Gasteiger partial charge < -0.3 is 10.5 Å². The van der Waals surface area contributed by atoms with Crippen LogP contribution < -0.4 is 10.5 Å². The molecule has 2 N–H and O–H groups in total. The highest BCUT2D eigenvalue weighted by atomic mass is 35.5. The summed E-state index contributed by atoms with van der Waals surface area (Å²) in [5.41, 5.74) is 6.28. The molecular weight excluding hydrogens is 220 g/mol. The monoisotopic (exact) mass is 226 g/mol. The molecule has 0 atom stereocenters. The van der Waals surface area contributed by atoms with Crippen LogP contribution in [0.2, 0.25) is 5.15 Å². The second-order valence-corrected chi connectivity index (χ2v) is 3.78. The number of halogens is 1. The predicted octanol–water partition coefficient (Wildman–Crippen LogP) is 3.17. The fraction of sp³-hybridized carbons (Fsp3) is 0. The maximum absolute atomic E-state index is 5.69. The molecule has 0 bridgehead atoms. The van der Waals surface area contributed by atoms with E-state index in [-0.39, 0.29) is 0 Å². The third kappa shape index (κ3) is 1.97. The van der Waals surface area contributed by atoms with Crippen LogP contribution >= 0.6 is 22.9 Å². The second kappa shape index (κ2) is 3.86. The van der Waals surface area contributed by atoms with Crippen LogP contribution in [0.4, 0.5) is 5.69 Å². The van der Waals surface area contributed by atoms with Gasteiger partial charge in [0.1, 0.15) is 5.15 Å². The number of aromatic nitrogens is 1. The number of thiazole rings is 1. The minimum atomic E-state index is 0.430. The summed E-state index contributed by atoms with van der Waals surface area (Å²) in [7, 11) is 0. The highest BCUT2D eigenvalue weighted by Gasteiger charge is 2.04. The average molecular weight is 227 g/mol. The van der Waals surface area contributed by atoms with Gasteiger partial charge in [0.2, 0.25) is 0 Å². The maximum Gasteiger partial charge on any atom is 0.280 e. The molecule has 0 amide bonds. The Morgan fingerprint density at radius 3 is 2.79 bits per heavy atom. The molecular formula is C9H7ClN2OS. The second-order valence-electron chi connectivity index (χ2n) is 2.58. The Bertz CT molecular complexity index is 444. The lowest BCUT2D eigenvalue weighted by Gasteiger charge is -2.03. The van der Waals surface area contributed by atoms with Crippen molar-refractivity contribution in [3.05, 3.63) is 34.8 Å². The smallest absolute Gasteiger partial charge is 0.280 e. The third-order valence-corrected chi connectivity index (χ3v) is 2.61. The summed E-state index contributed by atoms with van der Waals surface area (Å²) in [4.78, 5) is 3.95. The van der Waals surface area contributed by atoms with Gasteiger partial charge in [0.15, 0.2) is 5.75 Å². The first-order valence-electron chi connectivity index (χ1n) is 3.89. The Balaban J connectivity index is 2.23. The van der Waals surface area contributed by atoms with E-state index < -0.39 is 0 Å². The van der Waals surface area contributed by atoms with Gasteiger partial charge in [-0.15, -0.1) is 0 Å². The summed E-state index contributed by atoms with van der Waals surface area (Å²) in [6.45, 7) is 0. The number of nitrogens with two attached hydrogens (primary N) is 1. The van der Waals surface area contributed by atoms with Gasteiger partial charge in [-0.2, -0.15) is 4.98 Å². The first kappa shape index (κ1) is 9.30. The molecule has 14 heavy (non-hydrogen) atoms. The summed E-state index contributed by atoms with van der Waals surface area (Å²) < 4.78 is 5.43. The number of rotatable bonds is 2. The van der Waals surface area contributed by atoms with Gasteiger partial charge in [0.25, 0.3) is 5.19 Å². The Kier molecular flexibility index (Phi) is 2.56. The number of hydrogen-bond acceptors (Lipinski definition) is 4. The molecule has 0 aliphatic heterocycles. The lowest BCUT2D eigenvalue weighted by molar-refractivity contribution is 0.481. The lowest BCUT2D eigenvalue weighted by Crippen LogP contribution is -1.90. The third-order valence-electron chi connectivity index (χ3n) is 1.57. The van der Waals surface area contributed by atoms with E-state index >= 15 is 0 Å². The molecule has 0 aliphatic carbocycles. The van der Waals surface area contributed by atoms with Crippen LogP contribution in [0.25, 0.3) is 0 Å². The Morgan fingerprint density at radius 2 is 2.14 bits per heavy atom. The van der Waals surface area contributed by atoms with Gasteiger partial charge >= 0.3 is 0 Å². The summed E-state index contributed by atoms with van der Waals surface area (Å²) in [5.74, 6) is 0.596. The number of para-hydroxylation sites is 2. The van der Waals surface area contributed by atoms with E-state index in [1.165, 1.54) is 11.3 Å². The fourth-order valence-corrected chi connectivity index (χ4v) is 1.75. The van der Waals surface area contributed by atoms with Crippen molar-refractivity contribution < 1.29 is 4.74 Å². The lowest BCUT2D eigenvalue weighted by atomic mass is 10.3. The molecule has 2 rings (SSSR count). The summed E-state index contributed by atoms with van der Waals surface area (Å²) >= 11 is 6.99. The van der Waals surface area contributed by atoms with E-state index in [9.17, 15) is 0 Å². The molecule has 0 saturated heterocycles. The molecule has 0 radical (unpaired) electrons. The Hall–Kier alpha value is -1.26. The molecule has 0 saturated carbocycles. The number of anilines is 1. The molecule has 0 fully saturated rings. The Labute approximate surface area is 90.1 Å². The minimum absolute atomic E-state index is 0.430. The van der Waals surface area contributed by atoms with E-state index in [1.807, 2.05) is 12.1 Å². The minimum Gasteiger partial charge on any atom is -0.429 e. The highest BCUT2D eigenvalue weighted by Crippen LogP contribution is 2.30. The van der Waals surface area contributed by atoms with Crippen molar-refractivity contribution in [3.63, 3.8) is 0 Å². The summed E-state index contributed by atoms with van der Waals surface area (Å²) in [6.07, 6.45) is 0. The van der Waals surface area contributed by atoms with E-state index in [2.05, 4.69) is 4.98 Å². The molecule has 0 aliphatic rings. The van der Waals surface area contributed by atoms with Crippen molar-refractivity contribution in [1.29, 1.82) is 0 Å². The van der Waals surface area contributed by atoms with Gasteiger partial charge in [-0.05, 0) is 12.1 Å². The number of ether oxygens (including phenoxy) is 1. The standard InChI is InChI=1S/C9H7ClN2OS/c10-8-5-14-9(12-8)13-7-4-2-1-3-6(7)11/h1-5H,11H2. The molecule has 1 aromatic heterocycles. The van der Waals surface area contributed by atoms with Crippen LogP contribution in [-0.4, -0.2) is 4.98 Å². The zero-order valence-electron chi connectivity index (χ0n) is 7.11. The van der Waals surface area contributed by atoms with Crippen molar-refractivity contribution in [2.45, 2.75) is 0 Å². The van der Waals surface area contributed by atoms with Gasteiger partial charge in [0.05, 0.1) is 5.69 Å². The van der Waals surface area contributed by atoms with Crippen LogP contribution in [0.5, 0.6) is 10.9 Å². The predicted molar refractivity (Wildman–Crippen MR) is 58.1 cm³/mol. The number of nitrogens with zero attached hydrogens (tertiary/aromatic N) is 1. The van der Waals surface area contributed by atoms with Crippen molar-refractivity contribution in [2.75, 3.05) is 5.73 Å². The Morgan fingerprint density at radius 1 is 1.36 bits per heavy atom. The normalized spacial score (nSPS) is 10.1. The maximum atomic E-state index is 5.69. The van der Waals surface area contributed by atoms with Gasteiger partial charge in [-0.25, -0.2) is 0 Å². The zero-order chi connectivity index (χ0) is 9.97. The van der Waals surface area contributed by atoms with Crippen LogP contribution in [0.1, 0.15) is 0 Å². The van der Waals surface area contributed by atoms with Crippen molar-refractivity contribution in [1.82, 2.24) is 4.98 Å². The number of benzene rings is 1. The zero-order valence-corrected chi connectivity index (χ0v) is 8.68. The highest BCUT2D eigenvalue weighted by molar-refractivity contribution is 7.11. The van der Waals surface area contributed by atoms with Crippen LogP contribution in [0.3, 0.4) is 0 Å². The molecule has 0 spiro atoms. The summed E-state index contributed by atoms with van der Waals surface area (Å²) in [6, 6.07) is 7.24. The van der Waals surface area contributed by atoms with Gasteiger partial charge in [-0.1, -0.05) is 35.1 Å². The molecule has 5 heteroatoms. The van der Waals surface area contributed by atoms with Crippen LogP contribution in [0.15, 0.2) is 29.6 Å². The van der Waals surface area contributed by atoms with E-state index in [1.54, 1.807) is 17.5 Å². The average Bonchev–Trinajstić information content (AvgIpc) is 2.56. The molecule has 0 unspecified atom stereocenters. The molecule has 72 valence electrons. The van der Waals surface area contributed by atoms with E-state index in [4.69, 9.17) is 22.1 Å². The number of nitrogen functional groups attached to an aromatic ring is 1. The molecule has 3 nitrogen and oxygen atoms in total. The van der Waals surface area contributed by atoms with Crippen LogP contribution in [-0.2, 0) is 0 Å².